The van der Waals surface area contributed by atoms with Gasteiger partial charge >= 0.3 is 6.09 Å². The number of carbonyl (C=O) groups excluding carboxylic acids is 1. The average Bonchev–Trinajstić information content (AvgIpc) is 2.24. The van der Waals surface area contributed by atoms with Crippen LogP contribution < -0.4 is 4.72 Å². The van der Waals surface area contributed by atoms with E-state index in [2.05, 4.69) is 0 Å². The van der Waals surface area contributed by atoms with E-state index in [-0.39, 0.29) is 0 Å². The smallest absolute Gasteiger partial charge is 0.421 e. The summed E-state index contributed by atoms with van der Waals surface area (Å²) in [7, 11) is -3.93. The van der Waals surface area contributed by atoms with Crippen LogP contribution in [0.4, 0.5) is 4.79 Å². The summed E-state index contributed by atoms with van der Waals surface area (Å²) in [4.78, 5) is 11.4. The van der Waals surface area contributed by atoms with Crippen molar-refractivity contribution in [2.45, 2.75) is 26.4 Å². The number of carbonyl (C=O) groups is 1. The van der Waals surface area contributed by atoms with Crippen molar-refractivity contribution in [2.24, 2.45) is 0 Å². The van der Waals surface area contributed by atoms with E-state index in [0.29, 0.717) is 10.6 Å². The molecule has 5 nitrogen and oxygen atoms in total. The molecule has 1 aromatic rings. The monoisotopic (exact) mass is 317 g/mol. The molecular weight excluding hydrogens is 302 g/mol. The lowest BCUT2D eigenvalue weighted by molar-refractivity contribution is 0.0571. The molecule has 0 spiro atoms. The Hall–Kier alpha value is -1.53. The van der Waals surface area contributed by atoms with Gasteiger partial charge in [0.1, 0.15) is 5.60 Å². The second-order valence-corrected chi connectivity index (χ2v) is 6.95. The highest BCUT2D eigenvalue weighted by Crippen LogP contribution is 2.16. The third-order valence-corrected chi connectivity index (χ3v) is 3.25. The lowest BCUT2D eigenvalue weighted by Gasteiger charge is -2.19. The molecule has 1 amide bonds. The van der Waals surface area contributed by atoms with E-state index in [0.717, 1.165) is 5.41 Å². The number of amides is 1. The van der Waals surface area contributed by atoms with Crippen molar-refractivity contribution >= 4 is 33.8 Å². The molecule has 0 heterocycles. The van der Waals surface area contributed by atoms with Crippen molar-refractivity contribution in [3.05, 3.63) is 40.3 Å². The van der Waals surface area contributed by atoms with E-state index < -0.39 is 21.7 Å². The first-order valence-corrected chi connectivity index (χ1v) is 7.70. The van der Waals surface area contributed by atoms with E-state index in [1.165, 1.54) is 6.08 Å². The second-order valence-electron chi connectivity index (χ2n) is 4.97. The number of hydrogen-bond donors (Lipinski definition) is 1. The number of halogens is 1. The van der Waals surface area contributed by atoms with E-state index >= 15 is 0 Å². The molecule has 0 aliphatic rings. The Morgan fingerprint density at radius 1 is 1.30 bits per heavy atom. The molecule has 0 aliphatic heterocycles. The fourth-order valence-corrected chi connectivity index (χ4v) is 2.09. The fraction of sp³-hybridized carbons (Fsp3) is 0.308. The molecular formula is C13H16ClNO4S. The van der Waals surface area contributed by atoms with E-state index in [4.69, 9.17) is 16.3 Å². The maximum atomic E-state index is 11.7. The summed E-state index contributed by atoms with van der Waals surface area (Å²) < 4.78 is 30.0. The Kier molecular flexibility index (Phi) is 5.19. The summed E-state index contributed by atoms with van der Waals surface area (Å²) in [6, 6.07) is 6.74. The van der Waals surface area contributed by atoms with Gasteiger partial charge in [0.25, 0.3) is 10.0 Å². The number of sulfonamides is 1. The quantitative estimate of drug-likeness (QED) is 0.929. The molecule has 1 rings (SSSR count). The molecule has 0 saturated heterocycles. The average molecular weight is 318 g/mol. The number of rotatable bonds is 3. The summed E-state index contributed by atoms with van der Waals surface area (Å²) in [5.41, 5.74) is -0.241. The van der Waals surface area contributed by atoms with Gasteiger partial charge in [-0.1, -0.05) is 29.8 Å². The van der Waals surface area contributed by atoms with Gasteiger partial charge in [0.2, 0.25) is 0 Å². The molecule has 0 saturated carbocycles. The summed E-state index contributed by atoms with van der Waals surface area (Å²) in [6.45, 7) is 4.91. The third-order valence-electron chi connectivity index (χ3n) is 1.96. The lowest BCUT2D eigenvalue weighted by atomic mass is 10.2. The summed E-state index contributed by atoms with van der Waals surface area (Å²) in [5.74, 6) is 0. The van der Waals surface area contributed by atoms with Crippen molar-refractivity contribution in [2.75, 3.05) is 0 Å². The van der Waals surface area contributed by atoms with Crippen LogP contribution in [0.5, 0.6) is 0 Å². The molecule has 0 aromatic heterocycles. The first-order valence-electron chi connectivity index (χ1n) is 5.77. The van der Waals surface area contributed by atoms with Crippen LogP contribution in [0.1, 0.15) is 26.3 Å². The van der Waals surface area contributed by atoms with Crippen LogP contribution in [0, 0.1) is 0 Å². The van der Waals surface area contributed by atoms with Gasteiger partial charge in [0.05, 0.1) is 5.41 Å². The van der Waals surface area contributed by atoms with Crippen molar-refractivity contribution in [1.82, 2.24) is 4.72 Å². The van der Waals surface area contributed by atoms with Crippen LogP contribution in [0.15, 0.2) is 29.7 Å². The predicted octanol–water partition coefficient (Wildman–Crippen LogP) is 3.17. The number of hydrogen-bond acceptors (Lipinski definition) is 4. The number of benzene rings is 1. The topological polar surface area (TPSA) is 72.5 Å². The first-order chi connectivity index (χ1) is 9.09. The minimum atomic E-state index is -3.93. The molecule has 0 fully saturated rings. The maximum absolute atomic E-state index is 11.7. The van der Waals surface area contributed by atoms with Gasteiger partial charge in [-0.3, -0.25) is 0 Å². The van der Waals surface area contributed by atoms with Crippen molar-refractivity contribution in [3.8, 4) is 0 Å². The van der Waals surface area contributed by atoms with Gasteiger partial charge < -0.3 is 4.74 Å². The van der Waals surface area contributed by atoms with Crippen molar-refractivity contribution in [3.63, 3.8) is 0 Å². The molecule has 1 aromatic carbocycles. The van der Waals surface area contributed by atoms with Crippen molar-refractivity contribution in [1.29, 1.82) is 0 Å². The Morgan fingerprint density at radius 2 is 1.90 bits per heavy atom. The van der Waals surface area contributed by atoms with E-state index in [1.54, 1.807) is 49.8 Å². The number of ether oxygens (including phenoxy) is 1. The second kappa shape index (κ2) is 6.28. The van der Waals surface area contributed by atoms with Gasteiger partial charge in [0, 0.05) is 5.02 Å². The van der Waals surface area contributed by atoms with Crippen molar-refractivity contribution < 1.29 is 17.9 Å². The van der Waals surface area contributed by atoms with Gasteiger partial charge in [-0.15, -0.1) is 0 Å². The maximum Gasteiger partial charge on any atom is 0.421 e. The zero-order chi connectivity index (χ0) is 15.4. The van der Waals surface area contributed by atoms with Gasteiger partial charge in [-0.05, 0) is 38.5 Å². The molecule has 0 bridgehead atoms. The fourth-order valence-electron chi connectivity index (χ4n) is 1.22. The Morgan fingerprint density at radius 3 is 2.45 bits per heavy atom. The minimum Gasteiger partial charge on any atom is -0.443 e. The molecule has 0 atom stereocenters. The van der Waals surface area contributed by atoms with Crippen LogP contribution in [0.2, 0.25) is 5.02 Å². The highest BCUT2D eigenvalue weighted by Gasteiger charge is 2.19. The molecule has 20 heavy (non-hydrogen) atoms. The lowest BCUT2D eigenvalue weighted by Crippen LogP contribution is -2.35. The van der Waals surface area contributed by atoms with Crippen LogP contribution in [0.3, 0.4) is 0 Å². The van der Waals surface area contributed by atoms with Crippen LogP contribution in [0.25, 0.3) is 6.08 Å². The van der Waals surface area contributed by atoms with Crippen LogP contribution in [-0.4, -0.2) is 20.1 Å². The normalized spacial score (nSPS) is 12.4. The van der Waals surface area contributed by atoms with Crippen LogP contribution in [-0.2, 0) is 14.8 Å². The Bertz CT molecular complexity index is 618. The SMILES string of the molecule is CC(C)(C)OC(=O)NS(=O)(=O)/C=C/c1ccccc1Cl. The third kappa shape index (κ3) is 6.08. The standard InChI is InChI=1S/C13H16ClNO4S/c1-13(2,3)19-12(16)15-20(17,18)9-8-10-6-4-5-7-11(10)14/h4-9H,1-3H3,(H,15,16)/b9-8+. The van der Waals surface area contributed by atoms with Gasteiger partial charge in [0.15, 0.2) is 0 Å². The molecule has 1 N–H and O–H groups in total. The Labute approximate surface area is 123 Å². The van der Waals surface area contributed by atoms with E-state index in [1.807, 2.05) is 0 Å². The molecule has 110 valence electrons. The summed E-state index contributed by atoms with van der Waals surface area (Å²) >= 11 is 5.89. The largest absolute Gasteiger partial charge is 0.443 e. The Balaban J connectivity index is 2.76. The van der Waals surface area contributed by atoms with E-state index in [9.17, 15) is 13.2 Å². The first kappa shape index (κ1) is 16.5. The molecule has 0 radical (unpaired) electrons. The van der Waals surface area contributed by atoms with Gasteiger partial charge in [-0.2, -0.15) is 0 Å². The highest BCUT2D eigenvalue weighted by molar-refractivity contribution is 7.93. The summed E-state index contributed by atoms with van der Waals surface area (Å²) in [6.07, 6.45) is 0.274. The van der Waals surface area contributed by atoms with Crippen LogP contribution >= 0.6 is 11.6 Å². The molecule has 7 heteroatoms. The predicted molar refractivity (Wildman–Crippen MR) is 78.8 cm³/mol. The number of nitrogens with one attached hydrogen (secondary N) is 1. The summed E-state index contributed by atoms with van der Waals surface area (Å²) in [5, 5.41) is 1.27. The highest BCUT2D eigenvalue weighted by atomic mass is 35.5. The zero-order valence-electron chi connectivity index (χ0n) is 11.4. The zero-order valence-corrected chi connectivity index (χ0v) is 13.0. The molecule has 0 unspecified atom stereocenters. The minimum absolute atomic E-state index is 0.413. The van der Waals surface area contributed by atoms with Gasteiger partial charge in [-0.25, -0.2) is 17.9 Å². The molecule has 0 aliphatic carbocycles.